The topological polar surface area (TPSA) is 108 Å². The van der Waals surface area contributed by atoms with Crippen LogP contribution in [0.1, 0.15) is 22.9 Å². The molecule has 3 aromatic heterocycles. The van der Waals surface area contributed by atoms with Crippen LogP contribution < -0.4 is 5.32 Å². The van der Waals surface area contributed by atoms with Gasteiger partial charge in [0.05, 0.1) is 18.5 Å². The molecule has 1 N–H and O–H groups in total. The van der Waals surface area contributed by atoms with Gasteiger partial charge in [0.2, 0.25) is 0 Å². The quantitative estimate of drug-likeness (QED) is 0.204. The number of rotatable bonds is 8. The lowest BCUT2D eigenvalue weighted by molar-refractivity contribution is 0.187. The Morgan fingerprint density at radius 2 is 1.70 bits per heavy atom. The summed E-state index contributed by atoms with van der Waals surface area (Å²) in [5.41, 5.74) is 8.18. The number of pyridine rings is 2. The molecule has 6 rings (SSSR count). The molecule has 1 atom stereocenters. The molecule has 1 amide bonds. The highest BCUT2D eigenvalue weighted by Crippen LogP contribution is 2.33. The Kier molecular flexibility index (Phi) is 8.15. The van der Waals surface area contributed by atoms with Crippen molar-refractivity contribution in [3.63, 3.8) is 0 Å². The number of halogens is 1. The first-order valence-electron chi connectivity index (χ1n) is 13.5. The molecular weight excluding hydrogens is 562 g/mol. The molecule has 0 saturated heterocycles. The smallest absolute Gasteiger partial charge is 0.411 e. The highest BCUT2D eigenvalue weighted by Gasteiger charge is 2.20. The number of aromatic nitrogens is 6. The van der Waals surface area contributed by atoms with E-state index in [0.29, 0.717) is 10.7 Å². The summed E-state index contributed by atoms with van der Waals surface area (Å²) in [6.45, 7) is 0. The molecule has 3 heterocycles. The predicted molar refractivity (Wildman–Crippen MR) is 165 cm³/mol. The van der Waals surface area contributed by atoms with Crippen LogP contribution in [0.5, 0.6) is 0 Å². The van der Waals surface area contributed by atoms with Crippen LogP contribution in [-0.2, 0) is 11.2 Å². The molecule has 0 bridgehead atoms. The minimum absolute atomic E-state index is 0.102. The number of nitrogens with zero attached hydrogens (tertiary/aromatic N) is 6. The zero-order chi connectivity index (χ0) is 29.6. The number of hydrogen-bond acceptors (Lipinski definition) is 7. The zero-order valence-electron chi connectivity index (χ0n) is 23.1. The number of nitrogens with one attached hydrogen (secondary N) is 1. The van der Waals surface area contributed by atoms with Crippen molar-refractivity contribution in [2.75, 3.05) is 12.4 Å². The third kappa shape index (κ3) is 6.42. The molecule has 3 aromatic carbocycles. The number of methoxy groups -OCH3 is 1. The molecule has 10 heteroatoms. The third-order valence-corrected chi connectivity index (χ3v) is 7.31. The summed E-state index contributed by atoms with van der Waals surface area (Å²) in [5, 5.41) is 14.9. The molecular formula is C33H26ClN7O2. The lowest BCUT2D eigenvalue weighted by Crippen LogP contribution is -2.10. The number of ether oxygens (including phenoxy) is 1. The third-order valence-electron chi connectivity index (χ3n) is 7.08. The molecule has 43 heavy (non-hydrogen) atoms. The van der Waals surface area contributed by atoms with Crippen LogP contribution in [0.3, 0.4) is 0 Å². The second kappa shape index (κ2) is 12.6. The number of benzene rings is 3. The summed E-state index contributed by atoms with van der Waals surface area (Å²) in [5.74, 6) is -0.102. The van der Waals surface area contributed by atoms with Crippen molar-refractivity contribution in [3.05, 3.63) is 138 Å². The molecule has 0 fully saturated rings. The largest absolute Gasteiger partial charge is 0.453 e. The number of hydrogen-bond donors (Lipinski definition) is 1. The molecule has 1 unspecified atom stereocenters. The van der Waals surface area contributed by atoms with E-state index in [4.69, 9.17) is 21.6 Å². The fourth-order valence-corrected chi connectivity index (χ4v) is 5.10. The first kappa shape index (κ1) is 27.7. The standard InChI is InChI=1S/C33H26ClN7O2/c1-43-33(42)38-27-11-7-23(8-12-27)24-15-16-35-31(18-24)29(17-22-5-3-2-4-6-22)30-13-9-25(20-36-30)28-19-26(34)10-14-32(28)41-21-37-39-40-41/h2-16,18-21,29H,17H2,1H3,(H,38,42). The van der Waals surface area contributed by atoms with Crippen LogP contribution in [0.15, 0.2) is 116 Å². The monoisotopic (exact) mass is 587 g/mol. The van der Waals surface area contributed by atoms with Crippen molar-refractivity contribution in [1.82, 2.24) is 30.2 Å². The molecule has 0 spiro atoms. The lowest BCUT2D eigenvalue weighted by Gasteiger charge is -2.18. The summed E-state index contributed by atoms with van der Waals surface area (Å²) in [4.78, 5) is 21.3. The summed E-state index contributed by atoms with van der Waals surface area (Å²) in [6, 6.07) is 31.6. The average molecular weight is 588 g/mol. The fourth-order valence-electron chi connectivity index (χ4n) is 4.93. The van der Waals surface area contributed by atoms with E-state index in [1.807, 2.05) is 91.3 Å². The second-order valence-corrected chi connectivity index (χ2v) is 10.2. The van der Waals surface area contributed by atoms with Gasteiger partial charge < -0.3 is 4.74 Å². The van der Waals surface area contributed by atoms with Gasteiger partial charge in [-0.15, -0.1) is 5.10 Å². The maximum absolute atomic E-state index is 11.6. The van der Waals surface area contributed by atoms with Crippen molar-refractivity contribution >= 4 is 23.4 Å². The Bertz CT molecular complexity index is 1830. The van der Waals surface area contributed by atoms with Crippen molar-refractivity contribution in [2.45, 2.75) is 12.3 Å². The summed E-state index contributed by atoms with van der Waals surface area (Å²) in [6.07, 6.45) is 5.43. The Hall–Kier alpha value is -5.41. The first-order chi connectivity index (χ1) is 21.1. The maximum atomic E-state index is 11.6. The normalized spacial score (nSPS) is 11.6. The van der Waals surface area contributed by atoms with Gasteiger partial charge in [0.1, 0.15) is 6.33 Å². The van der Waals surface area contributed by atoms with E-state index < -0.39 is 6.09 Å². The highest BCUT2D eigenvalue weighted by molar-refractivity contribution is 6.31. The van der Waals surface area contributed by atoms with E-state index in [-0.39, 0.29) is 5.92 Å². The van der Waals surface area contributed by atoms with E-state index in [1.165, 1.54) is 12.7 Å². The summed E-state index contributed by atoms with van der Waals surface area (Å²) < 4.78 is 6.29. The number of anilines is 1. The Labute approximate surface area is 253 Å². The van der Waals surface area contributed by atoms with Crippen LogP contribution in [0, 0.1) is 0 Å². The van der Waals surface area contributed by atoms with E-state index in [0.717, 1.165) is 45.7 Å². The molecule has 0 aliphatic carbocycles. The zero-order valence-corrected chi connectivity index (χ0v) is 23.9. The van der Waals surface area contributed by atoms with Crippen LogP contribution in [0.4, 0.5) is 10.5 Å². The van der Waals surface area contributed by atoms with Crippen molar-refractivity contribution in [1.29, 1.82) is 0 Å². The van der Waals surface area contributed by atoms with Crippen LogP contribution in [-0.4, -0.2) is 43.4 Å². The van der Waals surface area contributed by atoms with Crippen LogP contribution in [0.25, 0.3) is 27.9 Å². The Balaban J connectivity index is 1.34. The molecule has 0 radical (unpaired) electrons. The molecule has 6 aromatic rings. The summed E-state index contributed by atoms with van der Waals surface area (Å²) in [7, 11) is 1.34. The van der Waals surface area contributed by atoms with E-state index in [1.54, 1.807) is 11.0 Å². The average Bonchev–Trinajstić information content (AvgIpc) is 3.60. The SMILES string of the molecule is COC(=O)Nc1ccc(-c2ccnc(C(Cc3ccccc3)c3ccc(-c4cc(Cl)ccc4-n4cnnn4)cn3)c2)cc1. The van der Waals surface area contributed by atoms with E-state index in [2.05, 4.69) is 43.8 Å². The van der Waals surface area contributed by atoms with Crippen molar-refractivity contribution in [2.24, 2.45) is 0 Å². The minimum atomic E-state index is -0.511. The summed E-state index contributed by atoms with van der Waals surface area (Å²) >= 11 is 6.37. The van der Waals surface area contributed by atoms with Crippen LogP contribution in [0.2, 0.25) is 5.02 Å². The van der Waals surface area contributed by atoms with Gasteiger partial charge in [-0.2, -0.15) is 4.68 Å². The van der Waals surface area contributed by atoms with Gasteiger partial charge in [-0.3, -0.25) is 15.3 Å². The molecule has 212 valence electrons. The molecule has 0 aliphatic rings. The number of amides is 1. The number of tetrazole rings is 1. The second-order valence-electron chi connectivity index (χ2n) is 9.79. The van der Waals surface area contributed by atoms with Gasteiger partial charge in [-0.1, -0.05) is 60.1 Å². The molecule has 9 nitrogen and oxygen atoms in total. The Morgan fingerprint density at radius 1 is 0.884 bits per heavy atom. The highest BCUT2D eigenvalue weighted by atomic mass is 35.5. The van der Waals surface area contributed by atoms with Crippen molar-refractivity contribution in [3.8, 4) is 27.9 Å². The minimum Gasteiger partial charge on any atom is -0.453 e. The van der Waals surface area contributed by atoms with Gasteiger partial charge in [0.25, 0.3) is 0 Å². The van der Waals surface area contributed by atoms with Gasteiger partial charge in [0, 0.05) is 45.8 Å². The van der Waals surface area contributed by atoms with E-state index in [9.17, 15) is 4.79 Å². The van der Waals surface area contributed by atoms with Gasteiger partial charge in [-0.05, 0) is 82.1 Å². The molecule has 0 saturated carbocycles. The maximum Gasteiger partial charge on any atom is 0.411 e. The van der Waals surface area contributed by atoms with Gasteiger partial charge in [0.15, 0.2) is 0 Å². The van der Waals surface area contributed by atoms with Gasteiger partial charge in [-0.25, -0.2) is 4.79 Å². The first-order valence-corrected chi connectivity index (χ1v) is 13.9. The van der Waals surface area contributed by atoms with Crippen molar-refractivity contribution < 1.29 is 9.53 Å². The fraction of sp³-hybridized carbons (Fsp3) is 0.0909. The predicted octanol–water partition coefficient (Wildman–Crippen LogP) is 6.99. The van der Waals surface area contributed by atoms with Gasteiger partial charge >= 0.3 is 6.09 Å². The van der Waals surface area contributed by atoms with E-state index >= 15 is 0 Å². The molecule has 0 aliphatic heterocycles. The lowest BCUT2D eigenvalue weighted by atomic mass is 9.90. The number of carbonyl (C=O) groups is 1. The number of carbonyl (C=O) groups excluding carboxylic acids is 1. The Morgan fingerprint density at radius 3 is 2.42 bits per heavy atom. The van der Waals surface area contributed by atoms with Crippen LogP contribution >= 0.6 is 11.6 Å².